The van der Waals surface area contributed by atoms with E-state index in [1.54, 1.807) is 0 Å². The fourth-order valence-corrected chi connectivity index (χ4v) is 2.60. The van der Waals surface area contributed by atoms with Crippen molar-refractivity contribution >= 4 is 31.6 Å². The van der Waals surface area contributed by atoms with Crippen LogP contribution in [-0.2, 0) is 0 Å². The van der Waals surface area contributed by atoms with Crippen molar-refractivity contribution < 1.29 is 4.74 Å². The minimum absolute atomic E-state index is 0. The topological polar surface area (TPSA) is 9.23 Å². The second kappa shape index (κ2) is 7.32. The minimum atomic E-state index is 0. The number of hydrogen-bond acceptors (Lipinski definition) is 1. The van der Waals surface area contributed by atoms with Crippen LogP contribution in [0.3, 0.4) is 0 Å². The Kier molecular flexibility index (Phi) is 6.04. The summed E-state index contributed by atoms with van der Waals surface area (Å²) in [7, 11) is 0.698. The molecule has 3 heteroatoms. The van der Waals surface area contributed by atoms with Crippen LogP contribution in [-0.4, -0.2) is 6.61 Å². The summed E-state index contributed by atoms with van der Waals surface area (Å²) in [6.07, 6.45) is 0. The van der Waals surface area contributed by atoms with Crippen LogP contribution >= 0.6 is 21.0 Å². The summed E-state index contributed by atoms with van der Waals surface area (Å²) in [6, 6.07) is 18.8. The Morgan fingerprint density at radius 3 is 2.35 bits per heavy atom. The molecule has 2 aromatic rings. The maximum Gasteiger partial charge on any atom is 0.119 e. The van der Waals surface area contributed by atoms with Gasteiger partial charge in [0, 0.05) is 0 Å². The Hall–Kier alpha value is -1.04. The van der Waals surface area contributed by atoms with Gasteiger partial charge in [-0.15, -0.1) is 12.4 Å². The highest BCUT2D eigenvalue weighted by atomic mass is 35.5. The molecule has 90 valence electrons. The third kappa shape index (κ3) is 4.38. The van der Waals surface area contributed by atoms with Gasteiger partial charge in [0.1, 0.15) is 5.75 Å². The quantitative estimate of drug-likeness (QED) is 0.773. The molecule has 0 aromatic heterocycles. The summed E-state index contributed by atoms with van der Waals surface area (Å²) in [5.41, 5.74) is 0. The van der Waals surface area contributed by atoms with Gasteiger partial charge in [0.05, 0.1) is 6.61 Å². The van der Waals surface area contributed by atoms with E-state index in [1.165, 1.54) is 10.6 Å². The Labute approximate surface area is 110 Å². The molecule has 0 saturated heterocycles. The minimum Gasteiger partial charge on any atom is -0.494 e. The van der Waals surface area contributed by atoms with Crippen molar-refractivity contribution in [2.24, 2.45) is 0 Å². The maximum absolute atomic E-state index is 5.49. The van der Waals surface area contributed by atoms with E-state index >= 15 is 0 Å². The molecular weight excluding hydrogens is 251 g/mol. The normalized spacial score (nSPS) is 10.2. The molecule has 2 rings (SSSR count). The molecule has 0 heterocycles. The van der Waals surface area contributed by atoms with Crippen molar-refractivity contribution in [2.75, 3.05) is 6.61 Å². The Bertz CT molecular complexity index is 445. The summed E-state index contributed by atoms with van der Waals surface area (Å²) >= 11 is 0. The molecule has 1 atom stereocenters. The van der Waals surface area contributed by atoms with Crippen molar-refractivity contribution in [3.8, 4) is 5.75 Å². The van der Waals surface area contributed by atoms with Crippen LogP contribution in [0.25, 0.3) is 0 Å². The summed E-state index contributed by atoms with van der Waals surface area (Å²) in [5, 5.41) is 2.67. The van der Waals surface area contributed by atoms with Crippen molar-refractivity contribution in [1.82, 2.24) is 0 Å². The first kappa shape index (κ1) is 14.0. The Balaban J connectivity index is 0.00000144. The predicted molar refractivity (Wildman–Crippen MR) is 78.9 cm³/mol. The lowest BCUT2D eigenvalue weighted by atomic mass is 10.3. The Morgan fingerprint density at radius 2 is 1.65 bits per heavy atom. The second-order valence-electron chi connectivity index (χ2n) is 3.45. The van der Waals surface area contributed by atoms with Crippen molar-refractivity contribution in [2.45, 2.75) is 6.92 Å². The standard InChI is InChI=1S/C14H15OP.ClH/c1-2-15-12-7-6-10-14(11-12)16-13-8-4-3-5-9-13;/h3-11,16H,2H2,1H3;1H. The average molecular weight is 267 g/mol. The summed E-state index contributed by atoms with van der Waals surface area (Å²) in [5.74, 6) is 0.962. The van der Waals surface area contributed by atoms with Gasteiger partial charge in [0.25, 0.3) is 0 Å². The van der Waals surface area contributed by atoms with Gasteiger partial charge in [-0.2, -0.15) is 0 Å². The summed E-state index contributed by atoms with van der Waals surface area (Å²) in [6.45, 7) is 2.73. The second-order valence-corrected chi connectivity index (χ2v) is 4.86. The van der Waals surface area contributed by atoms with Crippen LogP contribution in [0.4, 0.5) is 0 Å². The van der Waals surface area contributed by atoms with Crippen LogP contribution in [0, 0.1) is 0 Å². The fourth-order valence-electron chi connectivity index (χ4n) is 1.52. The molecule has 0 amide bonds. The fraction of sp³-hybridized carbons (Fsp3) is 0.143. The first-order chi connectivity index (χ1) is 7.88. The number of hydrogen-bond donors (Lipinski definition) is 0. The van der Waals surface area contributed by atoms with E-state index in [0.29, 0.717) is 8.58 Å². The predicted octanol–water partition coefficient (Wildman–Crippen LogP) is 3.14. The molecule has 0 N–H and O–H groups in total. The smallest absolute Gasteiger partial charge is 0.119 e. The van der Waals surface area contributed by atoms with Crippen molar-refractivity contribution in [3.05, 3.63) is 54.6 Å². The van der Waals surface area contributed by atoms with Gasteiger partial charge in [0.2, 0.25) is 0 Å². The highest BCUT2D eigenvalue weighted by Gasteiger charge is 1.97. The molecule has 17 heavy (non-hydrogen) atoms. The zero-order valence-corrected chi connectivity index (χ0v) is 11.5. The van der Waals surface area contributed by atoms with Gasteiger partial charge < -0.3 is 4.74 Å². The van der Waals surface area contributed by atoms with Crippen LogP contribution in [0.1, 0.15) is 6.92 Å². The molecule has 0 radical (unpaired) electrons. The zero-order chi connectivity index (χ0) is 11.2. The van der Waals surface area contributed by atoms with E-state index in [2.05, 4.69) is 42.5 Å². The number of rotatable bonds is 4. The lowest BCUT2D eigenvalue weighted by Gasteiger charge is -2.06. The highest BCUT2D eigenvalue weighted by Crippen LogP contribution is 2.15. The van der Waals surface area contributed by atoms with Gasteiger partial charge in [0.15, 0.2) is 0 Å². The van der Waals surface area contributed by atoms with Crippen LogP contribution in [0.5, 0.6) is 5.75 Å². The van der Waals surface area contributed by atoms with E-state index in [1.807, 2.05) is 19.1 Å². The molecule has 0 saturated carbocycles. The molecule has 0 bridgehead atoms. The first-order valence-electron chi connectivity index (χ1n) is 5.43. The van der Waals surface area contributed by atoms with Gasteiger partial charge in [-0.05, 0) is 29.7 Å². The summed E-state index contributed by atoms with van der Waals surface area (Å²) < 4.78 is 5.49. The molecule has 0 fully saturated rings. The largest absolute Gasteiger partial charge is 0.494 e. The van der Waals surface area contributed by atoms with Crippen LogP contribution in [0.2, 0.25) is 0 Å². The number of benzene rings is 2. The van der Waals surface area contributed by atoms with Gasteiger partial charge >= 0.3 is 0 Å². The molecular formula is C14H16ClOP. The van der Waals surface area contributed by atoms with Gasteiger partial charge in [-0.1, -0.05) is 51.0 Å². The Morgan fingerprint density at radius 1 is 0.941 bits per heavy atom. The van der Waals surface area contributed by atoms with E-state index in [4.69, 9.17) is 4.74 Å². The first-order valence-corrected chi connectivity index (χ1v) is 6.43. The molecule has 0 aliphatic rings. The van der Waals surface area contributed by atoms with E-state index in [9.17, 15) is 0 Å². The van der Waals surface area contributed by atoms with Crippen LogP contribution < -0.4 is 15.3 Å². The summed E-state index contributed by atoms with van der Waals surface area (Å²) in [4.78, 5) is 0. The van der Waals surface area contributed by atoms with Gasteiger partial charge in [-0.3, -0.25) is 0 Å². The molecule has 1 nitrogen and oxygen atoms in total. The molecule has 0 aliphatic heterocycles. The van der Waals surface area contributed by atoms with E-state index in [0.717, 1.165) is 12.4 Å². The molecule has 2 aromatic carbocycles. The molecule has 0 spiro atoms. The molecule has 1 unspecified atom stereocenters. The van der Waals surface area contributed by atoms with E-state index in [-0.39, 0.29) is 12.4 Å². The molecule has 0 aliphatic carbocycles. The lowest BCUT2D eigenvalue weighted by Crippen LogP contribution is -2.03. The average Bonchev–Trinajstić information content (AvgIpc) is 2.31. The van der Waals surface area contributed by atoms with Crippen LogP contribution in [0.15, 0.2) is 54.6 Å². The third-order valence-electron chi connectivity index (χ3n) is 2.21. The maximum atomic E-state index is 5.49. The lowest BCUT2D eigenvalue weighted by molar-refractivity contribution is 0.340. The third-order valence-corrected chi connectivity index (χ3v) is 3.43. The van der Waals surface area contributed by atoms with Gasteiger partial charge in [-0.25, -0.2) is 0 Å². The van der Waals surface area contributed by atoms with Crippen molar-refractivity contribution in [3.63, 3.8) is 0 Å². The highest BCUT2D eigenvalue weighted by molar-refractivity contribution is 7.55. The SMILES string of the molecule is CCOc1cccc(Pc2ccccc2)c1.Cl. The van der Waals surface area contributed by atoms with E-state index < -0.39 is 0 Å². The zero-order valence-electron chi connectivity index (χ0n) is 9.72. The number of ether oxygens (including phenoxy) is 1. The number of halogens is 1. The monoisotopic (exact) mass is 266 g/mol. The van der Waals surface area contributed by atoms with Crippen molar-refractivity contribution in [1.29, 1.82) is 0 Å².